The second kappa shape index (κ2) is 8.11. The molecule has 29 heavy (non-hydrogen) atoms. The Hall–Kier alpha value is -3.09. The van der Waals surface area contributed by atoms with Crippen LogP contribution < -0.4 is 10.1 Å². The molecule has 154 valence electrons. The number of nitro benzene ring substituents is 2. The Morgan fingerprint density at radius 1 is 1.00 bits per heavy atom. The van der Waals surface area contributed by atoms with Gasteiger partial charge in [-0.2, -0.15) is 4.31 Å². The van der Waals surface area contributed by atoms with Gasteiger partial charge in [0.25, 0.3) is 5.69 Å². The number of nitrogens with one attached hydrogen (secondary N) is 1. The smallest absolute Gasteiger partial charge is 0.311 e. The Balaban J connectivity index is 2.11. The van der Waals surface area contributed by atoms with E-state index in [2.05, 4.69) is 5.32 Å². The molecule has 0 aliphatic carbocycles. The number of nitrogens with zero attached hydrogens (tertiary/aromatic N) is 3. The maximum Gasteiger partial charge on any atom is 0.311 e. The lowest BCUT2D eigenvalue weighted by Crippen LogP contribution is -2.46. The lowest BCUT2D eigenvalue weighted by Gasteiger charge is -2.27. The third-order valence-corrected chi connectivity index (χ3v) is 6.28. The Morgan fingerprint density at radius 3 is 2.31 bits per heavy atom. The van der Waals surface area contributed by atoms with Gasteiger partial charge >= 0.3 is 5.69 Å². The molecule has 0 radical (unpaired) electrons. The molecule has 0 aromatic heterocycles. The summed E-state index contributed by atoms with van der Waals surface area (Å²) in [4.78, 5) is 20.7. The maximum absolute atomic E-state index is 13.1. The van der Waals surface area contributed by atoms with Crippen molar-refractivity contribution in [3.63, 3.8) is 0 Å². The van der Waals surface area contributed by atoms with Gasteiger partial charge in [-0.25, -0.2) is 8.42 Å². The van der Waals surface area contributed by atoms with Gasteiger partial charge < -0.3 is 10.1 Å². The first kappa shape index (κ1) is 20.6. The quantitative estimate of drug-likeness (QED) is 0.551. The van der Waals surface area contributed by atoms with Crippen LogP contribution in [0, 0.1) is 27.2 Å². The van der Waals surface area contributed by atoms with Gasteiger partial charge in [0.1, 0.15) is 10.6 Å². The molecular formula is C17H18N4O7S. The fraction of sp³-hybridized carbons (Fsp3) is 0.294. The minimum Gasteiger partial charge on any atom is -0.449 e. The summed E-state index contributed by atoms with van der Waals surface area (Å²) in [6, 6.07) is 7.32. The summed E-state index contributed by atoms with van der Waals surface area (Å²) in [5, 5.41) is 25.5. The molecule has 2 aromatic rings. The predicted octanol–water partition coefficient (Wildman–Crippen LogP) is 2.20. The first-order valence-electron chi connectivity index (χ1n) is 8.62. The Labute approximate surface area is 166 Å². The van der Waals surface area contributed by atoms with Gasteiger partial charge in [-0.3, -0.25) is 20.2 Å². The van der Waals surface area contributed by atoms with E-state index in [1.807, 2.05) is 0 Å². The monoisotopic (exact) mass is 422 g/mol. The van der Waals surface area contributed by atoms with E-state index in [-0.39, 0.29) is 30.3 Å². The van der Waals surface area contributed by atoms with E-state index < -0.39 is 30.5 Å². The molecule has 0 unspecified atom stereocenters. The molecule has 1 aliphatic rings. The number of non-ortho nitro benzene ring substituents is 1. The van der Waals surface area contributed by atoms with Crippen molar-refractivity contribution in [1.29, 1.82) is 0 Å². The van der Waals surface area contributed by atoms with Gasteiger partial charge in [-0.1, -0.05) is 6.07 Å². The molecule has 1 N–H and O–H groups in total. The number of nitro groups is 2. The highest BCUT2D eigenvalue weighted by Crippen LogP contribution is 2.37. The van der Waals surface area contributed by atoms with Crippen molar-refractivity contribution < 1.29 is 23.0 Å². The average Bonchev–Trinajstić information content (AvgIpc) is 2.68. The van der Waals surface area contributed by atoms with E-state index in [1.165, 1.54) is 22.5 Å². The zero-order valence-corrected chi connectivity index (χ0v) is 16.2. The van der Waals surface area contributed by atoms with Crippen LogP contribution >= 0.6 is 0 Å². The third kappa shape index (κ3) is 4.34. The van der Waals surface area contributed by atoms with Crippen molar-refractivity contribution in [2.75, 3.05) is 26.2 Å². The van der Waals surface area contributed by atoms with Gasteiger partial charge in [0, 0.05) is 44.4 Å². The van der Waals surface area contributed by atoms with Gasteiger partial charge in [0.2, 0.25) is 15.8 Å². The molecule has 1 fully saturated rings. The summed E-state index contributed by atoms with van der Waals surface area (Å²) in [5.41, 5.74) is -0.108. The van der Waals surface area contributed by atoms with E-state index in [9.17, 15) is 28.6 Å². The van der Waals surface area contributed by atoms with Crippen LogP contribution in [0.25, 0.3) is 0 Å². The van der Waals surface area contributed by atoms with Crippen LogP contribution in [0.1, 0.15) is 5.56 Å². The summed E-state index contributed by atoms with van der Waals surface area (Å²) in [7, 11) is -4.12. The summed E-state index contributed by atoms with van der Waals surface area (Å²) >= 11 is 0. The molecule has 11 nitrogen and oxygen atoms in total. The molecule has 0 spiro atoms. The van der Waals surface area contributed by atoms with Crippen molar-refractivity contribution >= 4 is 21.4 Å². The molecule has 3 rings (SSSR count). The Morgan fingerprint density at radius 2 is 1.69 bits per heavy atom. The standard InChI is InChI=1S/C17H18N4O7S/c1-12-2-4-14(21(24)25)16(10-12)28-15-5-3-13(20(22)23)11-17(15)29(26,27)19-8-6-18-7-9-19/h2-5,10-11,18H,6-9H2,1H3. The van der Waals surface area contributed by atoms with Crippen molar-refractivity contribution in [1.82, 2.24) is 9.62 Å². The van der Waals surface area contributed by atoms with Gasteiger partial charge in [0.05, 0.1) is 9.85 Å². The first-order valence-corrected chi connectivity index (χ1v) is 10.1. The van der Waals surface area contributed by atoms with Crippen LogP contribution in [-0.4, -0.2) is 48.7 Å². The molecule has 0 bridgehead atoms. The first-order chi connectivity index (χ1) is 13.7. The lowest BCUT2D eigenvalue weighted by atomic mass is 10.2. The molecule has 0 atom stereocenters. The maximum atomic E-state index is 13.1. The summed E-state index contributed by atoms with van der Waals surface area (Å²) < 4.78 is 33.0. The SMILES string of the molecule is Cc1ccc([N+](=O)[O-])c(Oc2ccc([N+](=O)[O-])cc2S(=O)(=O)N2CCNCC2)c1. The van der Waals surface area contributed by atoms with Gasteiger partial charge in [-0.15, -0.1) is 0 Å². The molecule has 1 aliphatic heterocycles. The lowest BCUT2D eigenvalue weighted by molar-refractivity contribution is -0.385. The number of ether oxygens (including phenoxy) is 1. The van der Waals surface area contributed by atoms with Gasteiger partial charge in [0.15, 0.2) is 0 Å². The zero-order valence-electron chi connectivity index (χ0n) is 15.4. The molecule has 2 aromatic carbocycles. The highest BCUT2D eigenvalue weighted by Gasteiger charge is 2.31. The normalized spacial score (nSPS) is 15.1. The van der Waals surface area contributed by atoms with E-state index in [4.69, 9.17) is 4.74 Å². The Bertz CT molecular complexity index is 1070. The van der Waals surface area contributed by atoms with E-state index in [1.54, 1.807) is 6.92 Å². The van der Waals surface area contributed by atoms with E-state index in [0.29, 0.717) is 18.7 Å². The molecule has 0 amide bonds. The van der Waals surface area contributed by atoms with Crippen molar-refractivity contribution in [2.24, 2.45) is 0 Å². The average molecular weight is 422 g/mol. The summed E-state index contributed by atoms with van der Waals surface area (Å²) in [6.45, 7) is 2.95. The van der Waals surface area contributed by atoms with Crippen molar-refractivity contribution in [3.05, 3.63) is 62.2 Å². The minimum absolute atomic E-state index is 0.152. The molecule has 1 saturated heterocycles. The predicted molar refractivity (Wildman–Crippen MR) is 103 cm³/mol. The fourth-order valence-corrected chi connectivity index (χ4v) is 4.47. The molecule has 0 saturated carbocycles. The second-order valence-corrected chi connectivity index (χ2v) is 8.28. The number of hydrogen-bond acceptors (Lipinski definition) is 8. The largest absolute Gasteiger partial charge is 0.449 e. The second-order valence-electron chi connectivity index (χ2n) is 6.37. The molecule has 12 heteroatoms. The minimum atomic E-state index is -4.12. The number of aryl methyl sites for hydroxylation is 1. The van der Waals surface area contributed by atoms with Crippen LogP contribution in [0.5, 0.6) is 11.5 Å². The zero-order chi connectivity index (χ0) is 21.2. The fourth-order valence-electron chi connectivity index (χ4n) is 2.89. The van der Waals surface area contributed by atoms with Crippen molar-refractivity contribution in [2.45, 2.75) is 11.8 Å². The molecular weight excluding hydrogens is 404 g/mol. The topological polar surface area (TPSA) is 145 Å². The van der Waals surface area contributed by atoms with Crippen LogP contribution in [0.2, 0.25) is 0 Å². The number of hydrogen-bond donors (Lipinski definition) is 1. The van der Waals surface area contributed by atoms with E-state index >= 15 is 0 Å². The van der Waals surface area contributed by atoms with Crippen LogP contribution in [0.3, 0.4) is 0 Å². The highest BCUT2D eigenvalue weighted by atomic mass is 32.2. The van der Waals surface area contributed by atoms with Crippen LogP contribution in [0.15, 0.2) is 41.3 Å². The highest BCUT2D eigenvalue weighted by molar-refractivity contribution is 7.89. The number of sulfonamides is 1. The number of piperazine rings is 1. The van der Waals surface area contributed by atoms with Crippen LogP contribution in [0.4, 0.5) is 11.4 Å². The van der Waals surface area contributed by atoms with E-state index in [0.717, 1.165) is 18.2 Å². The summed E-state index contributed by atoms with van der Waals surface area (Å²) in [5.74, 6) is -0.372. The summed E-state index contributed by atoms with van der Waals surface area (Å²) in [6.07, 6.45) is 0. The number of benzene rings is 2. The third-order valence-electron chi connectivity index (χ3n) is 4.36. The van der Waals surface area contributed by atoms with Crippen LogP contribution in [-0.2, 0) is 10.0 Å². The van der Waals surface area contributed by atoms with Crippen molar-refractivity contribution in [3.8, 4) is 11.5 Å². The number of rotatable bonds is 6. The molecule has 1 heterocycles. The van der Waals surface area contributed by atoms with Gasteiger partial charge in [-0.05, 0) is 24.6 Å². The Kier molecular flexibility index (Phi) is 5.77.